The van der Waals surface area contributed by atoms with E-state index in [9.17, 15) is 9.59 Å². The van der Waals surface area contributed by atoms with Crippen LogP contribution in [0.2, 0.25) is 0 Å². The Bertz CT molecular complexity index is 795. The second kappa shape index (κ2) is 9.93. The van der Waals surface area contributed by atoms with Gasteiger partial charge in [-0.25, -0.2) is 0 Å². The lowest BCUT2D eigenvalue weighted by molar-refractivity contribution is -0.142. The van der Waals surface area contributed by atoms with Crippen LogP contribution in [0.5, 0.6) is 5.75 Å². The van der Waals surface area contributed by atoms with Crippen molar-refractivity contribution in [3.05, 3.63) is 64.7 Å². The fraction of sp³-hybridized carbons (Fsp3) is 0.391. The van der Waals surface area contributed by atoms with Crippen molar-refractivity contribution in [2.24, 2.45) is 0 Å². The number of rotatable bonds is 8. The van der Waals surface area contributed by atoms with E-state index in [1.54, 1.807) is 11.9 Å². The van der Waals surface area contributed by atoms with Crippen LogP contribution in [0.4, 0.5) is 0 Å². The molecule has 2 amide bonds. The van der Waals surface area contributed by atoms with Crippen LogP contribution in [-0.2, 0) is 16.1 Å². The molecule has 0 aliphatic carbocycles. The number of hydrogen-bond donors (Lipinski definition) is 1. The standard InChI is InChI=1S/C23H30N2O3/c1-6-21(23(27)24-5)25(14-19-9-7-16(2)8-10-19)22(26)15-28-20-12-17(3)11-18(4)13-20/h7-13,21H,6,14-15H2,1-5H3,(H,24,27). The third-order valence-corrected chi connectivity index (χ3v) is 4.66. The molecule has 2 aromatic carbocycles. The average molecular weight is 383 g/mol. The lowest BCUT2D eigenvalue weighted by atomic mass is 10.1. The molecule has 5 heteroatoms. The first-order valence-corrected chi connectivity index (χ1v) is 9.61. The van der Waals surface area contributed by atoms with Crippen LogP contribution in [0, 0.1) is 20.8 Å². The number of ether oxygens (including phenoxy) is 1. The summed E-state index contributed by atoms with van der Waals surface area (Å²) in [4.78, 5) is 27.0. The molecule has 0 fully saturated rings. The van der Waals surface area contributed by atoms with Crippen LogP contribution in [0.25, 0.3) is 0 Å². The maximum absolute atomic E-state index is 13.0. The molecule has 0 aliphatic rings. The number of carbonyl (C=O) groups excluding carboxylic acids is 2. The Morgan fingerprint density at radius 1 is 1.00 bits per heavy atom. The second-order valence-corrected chi connectivity index (χ2v) is 7.16. The van der Waals surface area contributed by atoms with Gasteiger partial charge in [-0.05, 0) is 56.0 Å². The van der Waals surface area contributed by atoms with Gasteiger partial charge in [0.25, 0.3) is 5.91 Å². The van der Waals surface area contributed by atoms with E-state index in [1.165, 1.54) is 0 Å². The van der Waals surface area contributed by atoms with Crippen LogP contribution >= 0.6 is 0 Å². The summed E-state index contributed by atoms with van der Waals surface area (Å²) < 4.78 is 5.75. The summed E-state index contributed by atoms with van der Waals surface area (Å²) in [5, 5.41) is 2.66. The number of carbonyl (C=O) groups is 2. The molecule has 150 valence electrons. The minimum Gasteiger partial charge on any atom is -0.484 e. The molecule has 0 saturated carbocycles. The molecule has 2 rings (SSSR count). The zero-order valence-electron chi connectivity index (χ0n) is 17.4. The number of amides is 2. The summed E-state index contributed by atoms with van der Waals surface area (Å²) in [6.45, 7) is 8.15. The van der Waals surface area contributed by atoms with Gasteiger partial charge in [0.15, 0.2) is 6.61 Å². The van der Waals surface area contributed by atoms with Gasteiger partial charge >= 0.3 is 0 Å². The fourth-order valence-electron chi connectivity index (χ4n) is 3.22. The van der Waals surface area contributed by atoms with E-state index in [-0.39, 0.29) is 18.4 Å². The molecule has 1 unspecified atom stereocenters. The third-order valence-electron chi connectivity index (χ3n) is 4.66. The van der Waals surface area contributed by atoms with Crippen LogP contribution in [0.1, 0.15) is 35.6 Å². The van der Waals surface area contributed by atoms with Crippen molar-refractivity contribution >= 4 is 11.8 Å². The predicted octanol–water partition coefficient (Wildman–Crippen LogP) is 3.54. The minimum atomic E-state index is -0.540. The summed E-state index contributed by atoms with van der Waals surface area (Å²) in [5.74, 6) is 0.277. The highest BCUT2D eigenvalue weighted by atomic mass is 16.5. The molecule has 0 aromatic heterocycles. The van der Waals surface area contributed by atoms with Gasteiger partial charge in [0.2, 0.25) is 5.91 Å². The van der Waals surface area contributed by atoms with E-state index in [0.717, 1.165) is 22.3 Å². The van der Waals surface area contributed by atoms with Crippen molar-refractivity contribution in [1.82, 2.24) is 10.2 Å². The highest BCUT2D eigenvalue weighted by Crippen LogP contribution is 2.18. The van der Waals surface area contributed by atoms with Gasteiger partial charge in [0.1, 0.15) is 11.8 Å². The molecule has 1 atom stereocenters. The van der Waals surface area contributed by atoms with Crippen LogP contribution in [0.3, 0.4) is 0 Å². The second-order valence-electron chi connectivity index (χ2n) is 7.16. The van der Waals surface area contributed by atoms with Crippen molar-refractivity contribution in [2.45, 2.75) is 46.7 Å². The summed E-state index contributed by atoms with van der Waals surface area (Å²) in [7, 11) is 1.59. The van der Waals surface area contributed by atoms with E-state index >= 15 is 0 Å². The smallest absolute Gasteiger partial charge is 0.261 e. The van der Waals surface area contributed by atoms with E-state index in [1.807, 2.05) is 64.1 Å². The van der Waals surface area contributed by atoms with Crippen LogP contribution in [-0.4, -0.2) is 36.4 Å². The first kappa shape index (κ1) is 21.5. The zero-order chi connectivity index (χ0) is 20.7. The van der Waals surface area contributed by atoms with Crippen molar-refractivity contribution in [2.75, 3.05) is 13.7 Å². The van der Waals surface area contributed by atoms with Gasteiger partial charge < -0.3 is 15.0 Å². The topological polar surface area (TPSA) is 58.6 Å². The molecule has 0 aliphatic heterocycles. The number of likely N-dealkylation sites (N-methyl/N-ethyl adjacent to an activating group) is 1. The first-order chi connectivity index (χ1) is 13.3. The molecular weight excluding hydrogens is 352 g/mol. The summed E-state index contributed by atoms with van der Waals surface area (Å²) in [5.41, 5.74) is 4.29. The Morgan fingerprint density at radius 2 is 1.61 bits per heavy atom. The molecule has 0 bridgehead atoms. The predicted molar refractivity (Wildman–Crippen MR) is 111 cm³/mol. The molecule has 28 heavy (non-hydrogen) atoms. The molecule has 1 N–H and O–H groups in total. The SMILES string of the molecule is CCC(C(=O)NC)N(Cc1ccc(C)cc1)C(=O)COc1cc(C)cc(C)c1. The minimum absolute atomic E-state index is 0.109. The lowest BCUT2D eigenvalue weighted by Gasteiger charge is -2.30. The van der Waals surface area contributed by atoms with Gasteiger partial charge in [-0.15, -0.1) is 0 Å². The van der Waals surface area contributed by atoms with Crippen molar-refractivity contribution < 1.29 is 14.3 Å². The highest BCUT2D eigenvalue weighted by Gasteiger charge is 2.28. The van der Waals surface area contributed by atoms with E-state index < -0.39 is 6.04 Å². The molecule has 5 nitrogen and oxygen atoms in total. The molecular formula is C23H30N2O3. The lowest BCUT2D eigenvalue weighted by Crippen LogP contribution is -2.49. The summed E-state index contributed by atoms with van der Waals surface area (Å²) >= 11 is 0. The maximum atomic E-state index is 13.0. The number of nitrogens with one attached hydrogen (secondary N) is 1. The van der Waals surface area contributed by atoms with Crippen LogP contribution in [0.15, 0.2) is 42.5 Å². The molecule has 0 saturated heterocycles. The largest absolute Gasteiger partial charge is 0.484 e. The molecule has 0 spiro atoms. The Balaban J connectivity index is 2.19. The highest BCUT2D eigenvalue weighted by molar-refractivity contribution is 5.88. The van der Waals surface area contributed by atoms with Gasteiger partial charge in [0.05, 0.1) is 0 Å². The van der Waals surface area contributed by atoms with E-state index in [2.05, 4.69) is 11.4 Å². The first-order valence-electron chi connectivity index (χ1n) is 9.61. The Morgan fingerprint density at radius 3 is 2.14 bits per heavy atom. The van der Waals surface area contributed by atoms with E-state index in [0.29, 0.717) is 18.7 Å². The maximum Gasteiger partial charge on any atom is 0.261 e. The van der Waals surface area contributed by atoms with Gasteiger partial charge in [0, 0.05) is 13.6 Å². The summed E-state index contributed by atoms with van der Waals surface area (Å²) in [6.07, 6.45) is 0.529. The van der Waals surface area contributed by atoms with Crippen molar-refractivity contribution in [3.63, 3.8) is 0 Å². The zero-order valence-corrected chi connectivity index (χ0v) is 17.4. The monoisotopic (exact) mass is 382 g/mol. The van der Waals surface area contributed by atoms with Crippen LogP contribution < -0.4 is 10.1 Å². The van der Waals surface area contributed by atoms with Gasteiger partial charge in [-0.3, -0.25) is 9.59 Å². The van der Waals surface area contributed by atoms with Crippen molar-refractivity contribution in [3.8, 4) is 5.75 Å². The summed E-state index contributed by atoms with van der Waals surface area (Å²) in [6, 6.07) is 13.3. The number of aryl methyl sites for hydroxylation is 3. The van der Waals surface area contributed by atoms with Crippen molar-refractivity contribution in [1.29, 1.82) is 0 Å². The third kappa shape index (κ3) is 5.84. The van der Waals surface area contributed by atoms with Gasteiger partial charge in [-0.1, -0.05) is 42.8 Å². The normalized spacial score (nSPS) is 11.6. The fourth-order valence-corrected chi connectivity index (χ4v) is 3.22. The molecule has 0 heterocycles. The number of hydrogen-bond acceptors (Lipinski definition) is 3. The van der Waals surface area contributed by atoms with Gasteiger partial charge in [-0.2, -0.15) is 0 Å². The Kier molecular flexibility index (Phi) is 7.61. The number of benzene rings is 2. The quantitative estimate of drug-likeness (QED) is 0.760. The Hall–Kier alpha value is -2.82. The Labute approximate surface area is 167 Å². The molecule has 0 radical (unpaired) electrons. The van der Waals surface area contributed by atoms with E-state index in [4.69, 9.17) is 4.74 Å². The number of nitrogens with zero attached hydrogens (tertiary/aromatic N) is 1. The molecule has 2 aromatic rings. The average Bonchev–Trinajstić information content (AvgIpc) is 2.66.